The van der Waals surface area contributed by atoms with Crippen LogP contribution in [0.15, 0.2) is 34.9 Å². The Balaban J connectivity index is 1.95. The molecule has 2 rings (SSSR count). The first-order chi connectivity index (χ1) is 12.0. The van der Waals surface area contributed by atoms with E-state index in [4.69, 9.17) is 4.42 Å². The van der Waals surface area contributed by atoms with Crippen molar-refractivity contribution in [2.45, 2.75) is 65.8 Å². The summed E-state index contributed by atoms with van der Waals surface area (Å²) in [5, 5.41) is 0. The van der Waals surface area contributed by atoms with E-state index in [0.29, 0.717) is 18.7 Å². The Kier molecular flexibility index (Phi) is 7.23. The standard InChI is InChI=1S/C21H30N2O2/c1-5-7-14-23(17(4)6-2)21(24)13-12-20-22-15-19(25-20)18-10-8-16(3)9-11-18/h8-11,15,17H,5-7,12-14H2,1-4H3. The molecule has 0 bridgehead atoms. The van der Waals surface area contributed by atoms with Crippen LogP contribution in [0.3, 0.4) is 0 Å². The number of amides is 1. The van der Waals surface area contributed by atoms with Crippen molar-refractivity contribution < 1.29 is 9.21 Å². The molecule has 0 saturated carbocycles. The van der Waals surface area contributed by atoms with Crippen LogP contribution in [0.1, 0.15) is 57.9 Å². The van der Waals surface area contributed by atoms with Crippen LogP contribution < -0.4 is 0 Å². The number of oxazole rings is 1. The Labute approximate surface area is 151 Å². The normalized spacial score (nSPS) is 12.2. The highest BCUT2D eigenvalue weighted by atomic mass is 16.4. The first-order valence-electron chi connectivity index (χ1n) is 9.36. The minimum Gasteiger partial charge on any atom is -0.441 e. The van der Waals surface area contributed by atoms with Gasteiger partial charge in [0.05, 0.1) is 6.20 Å². The highest BCUT2D eigenvalue weighted by Crippen LogP contribution is 2.21. The van der Waals surface area contributed by atoms with E-state index in [9.17, 15) is 4.79 Å². The van der Waals surface area contributed by atoms with Gasteiger partial charge in [-0.2, -0.15) is 0 Å². The second-order valence-corrected chi connectivity index (χ2v) is 6.68. The monoisotopic (exact) mass is 342 g/mol. The van der Waals surface area contributed by atoms with Gasteiger partial charge in [0, 0.05) is 31.0 Å². The number of hydrogen-bond donors (Lipinski definition) is 0. The Morgan fingerprint density at radius 1 is 1.24 bits per heavy atom. The zero-order valence-corrected chi connectivity index (χ0v) is 15.9. The van der Waals surface area contributed by atoms with E-state index in [-0.39, 0.29) is 11.9 Å². The lowest BCUT2D eigenvalue weighted by molar-refractivity contribution is -0.133. The zero-order valence-electron chi connectivity index (χ0n) is 15.9. The molecule has 25 heavy (non-hydrogen) atoms. The summed E-state index contributed by atoms with van der Waals surface area (Å²) in [4.78, 5) is 18.9. The summed E-state index contributed by atoms with van der Waals surface area (Å²) in [5.41, 5.74) is 2.23. The quantitative estimate of drug-likeness (QED) is 0.643. The molecule has 0 aliphatic carbocycles. The Hall–Kier alpha value is -2.10. The minimum atomic E-state index is 0.192. The fourth-order valence-corrected chi connectivity index (χ4v) is 2.77. The molecule has 1 unspecified atom stereocenters. The molecule has 0 fully saturated rings. The molecule has 4 heteroatoms. The molecule has 1 amide bonds. The number of unbranched alkanes of at least 4 members (excludes halogenated alkanes) is 1. The molecule has 0 aliphatic rings. The maximum Gasteiger partial charge on any atom is 0.223 e. The average Bonchev–Trinajstić information content (AvgIpc) is 3.09. The van der Waals surface area contributed by atoms with Gasteiger partial charge >= 0.3 is 0 Å². The second-order valence-electron chi connectivity index (χ2n) is 6.68. The molecule has 0 saturated heterocycles. The third kappa shape index (κ3) is 5.45. The summed E-state index contributed by atoms with van der Waals surface area (Å²) in [6.45, 7) is 9.29. The van der Waals surface area contributed by atoms with Gasteiger partial charge < -0.3 is 9.32 Å². The predicted molar refractivity (Wildman–Crippen MR) is 101 cm³/mol. The molecule has 1 aromatic carbocycles. The van der Waals surface area contributed by atoms with Crippen molar-refractivity contribution in [2.24, 2.45) is 0 Å². The van der Waals surface area contributed by atoms with E-state index < -0.39 is 0 Å². The van der Waals surface area contributed by atoms with Crippen LogP contribution in [0.4, 0.5) is 0 Å². The van der Waals surface area contributed by atoms with Gasteiger partial charge in [0.1, 0.15) is 0 Å². The maximum atomic E-state index is 12.6. The van der Waals surface area contributed by atoms with Gasteiger partial charge in [0.15, 0.2) is 11.7 Å². The summed E-state index contributed by atoms with van der Waals surface area (Å²) in [6, 6.07) is 8.45. The smallest absolute Gasteiger partial charge is 0.223 e. The van der Waals surface area contributed by atoms with Crippen molar-refractivity contribution in [2.75, 3.05) is 6.54 Å². The largest absolute Gasteiger partial charge is 0.441 e. The van der Waals surface area contributed by atoms with E-state index in [1.807, 2.05) is 17.0 Å². The van der Waals surface area contributed by atoms with Gasteiger partial charge in [-0.25, -0.2) is 4.98 Å². The number of carbonyl (C=O) groups is 1. The molecule has 0 spiro atoms. The first kappa shape index (κ1) is 19.2. The van der Waals surface area contributed by atoms with Crippen LogP contribution in [-0.2, 0) is 11.2 Å². The molecule has 2 aromatic rings. The lowest BCUT2D eigenvalue weighted by atomic mass is 10.1. The van der Waals surface area contributed by atoms with E-state index in [2.05, 4.69) is 44.8 Å². The fraction of sp³-hybridized carbons (Fsp3) is 0.524. The van der Waals surface area contributed by atoms with Crippen molar-refractivity contribution in [3.05, 3.63) is 41.9 Å². The molecular formula is C21H30N2O2. The third-order valence-electron chi connectivity index (χ3n) is 4.64. The van der Waals surface area contributed by atoms with Crippen LogP contribution in [-0.4, -0.2) is 28.4 Å². The van der Waals surface area contributed by atoms with E-state index >= 15 is 0 Å². The third-order valence-corrected chi connectivity index (χ3v) is 4.64. The number of hydrogen-bond acceptors (Lipinski definition) is 3. The summed E-state index contributed by atoms with van der Waals surface area (Å²) in [6.07, 6.45) is 5.86. The van der Waals surface area contributed by atoms with Crippen LogP contribution in [0.2, 0.25) is 0 Å². The van der Waals surface area contributed by atoms with Gasteiger partial charge in [-0.15, -0.1) is 0 Å². The van der Waals surface area contributed by atoms with Gasteiger partial charge in [0.25, 0.3) is 0 Å². The molecule has 136 valence electrons. The van der Waals surface area contributed by atoms with Crippen LogP contribution in [0.5, 0.6) is 0 Å². The maximum absolute atomic E-state index is 12.6. The Morgan fingerprint density at radius 3 is 2.60 bits per heavy atom. The lowest BCUT2D eigenvalue weighted by Gasteiger charge is -2.28. The van der Waals surface area contributed by atoms with E-state index in [0.717, 1.165) is 37.1 Å². The molecule has 4 nitrogen and oxygen atoms in total. The van der Waals surface area contributed by atoms with Gasteiger partial charge in [0.2, 0.25) is 5.91 Å². The molecule has 0 N–H and O–H groups in total. The molecule has 1 heterocycles. The van der Waals surface area contributed by atoms with Crippen molar-refractivity contribution in [1.82, 2.24) is 9.88 Å². The number of carbonyl (C=O) groups excluding carboxylic acids is 1. The molecule has 1 aromatic heterocycles. The number of aromatic nitrogens is 1. The molecule has 0 aliphatic heterocycles. The highest BCUT2D eigenvalue weighted by molar-refractivity contribution is 5.76. The van der Waals surface area contributed by atoms with Gasteiger partial charge in [-0.1, -0.05) is 50.1 Å². The summed E-state index contributed by atoms with van der Waals surface area (Å²) >= 11 is 0. The Morgan fingerprint density at radius 2 is 1.96 bits per heavy atom. The number of rotatable bonds is 9. The zero-order chi connectivity index (χ0) is 18.2. The number of benzene rings is 1. The summed E-state index contributed by atoms with van der Waals surface area (Å²) in [7, 11) is 0. The van der Waals surface area contributed by atoms with Crippen LogP contribution in [0.25, 0.3) is 11.3 Å². The molecule has 1 atom stereocenters. The van der Waals surface area contributed by atoms with Crippen LogP contribution >= 0.6 is 0 Å². The lowest BCUT2D eigenvalue weighted by Crippen LogP contribution is -2.39. The molecule has 0 radical (unpaired) electrons. The summed E-state index contributed by atoms with van der Waals surface area (Å²) in [5.74, 6) is 1.58. The topological polar surface area (TPSA) is 46.3 Å². The van der Waals surface area contributed by atoms with Crippen molar-refractivity contribution in [1.29, 1.82) is 0 Å². The first-order valence-corrected chi connectivity index (χ1v) is 9.36. The van der Waals surface area contributed by atoms with Crippen LogP contribution in [0, 0.1) is 6.92 Å². The second kappa shape index (κ2) is 9.40. The fourth-order valence-electron chi connectivity index (χ4n) is 2.77. The molecular weight excluding hydrogens is 312 g/mol. The van der Waals surface area contributed by atoms with Crippen molar-refractivity contribution in [3.63, 3.8) is 0 Å². The van der Waals surface area contributed by atoms with Crippen molar-refractivity contribution in [3.8, 4) is 11.3 Å². The number of aryl methyl sites for hydroxylation is 2. The predicted octanol–water partition coefficient (Wildman–Crippen LogP) is 5.01. The van der Waals surface area contributed by atoms with Gasteiger partial charge in [-0.3, -0.25) is 4.79 Å². The van der Waals surface area contributed by atoms with Gasteiger partial charge in [-0.05, 0) is 26.7 Å². The minimum absolute atomic E-state index is 0.192. The van der Waals surface area contributed by atoms with E-state index in [1.54, 1.807) is 6.20 Å². The SMILES string of the molecule is CCCCN(C(=O)CCc1ncc(-c2ccc(C)cc2)o1)C(C)CC. The van der Waals surface area contributed by atoms with E-state index in [1.165, 1.54) is 5.56 Å². The highest BCUT2D eigenvalue weighted by Gasteiger charge is 2.19. The summed E-state index contributed by atoms with van der Waals surface area (Å²) < 4.78 is 5.83. The Bertz CT molecular complexity index is 661. The van der Waals surface area contributed by atoms with Crippen molar-refractivity contribution >= 4 is 5.91 Å². The average molecular weight is 342 g/mol. The number of nitrogens with zero attached hydrogens (tertiary/aromatic N) is 2.